The summed E-state index contributed by atoms with van der Waals surface area (Å²) in [5.74, 6) is -0.0238. The second kappa shape index (κ2) is 7.07. The molecule has 4 rings (SSSR count). The van der Waals surface area contributed by atoms with E-state index in [1.54, 1.807) is 21.7 Å². The smallest absolute Gasteiger partial charge is 0.253 e. The highest BCUT2D eigenvalue weighted by Gasteiger charge is 2.33. The average Bonchev–Trinajstić information content (AvgIpc) is 3.35. The summed E-state index contributed by atoms with van der Waals surface area (Å²) in [6.07, 6.45) is 2.15. The van der Waals surface area contributed by atoms with E-state index in [9.17, 15) is 9.59 Å². The van der Waals surface area contributed by atoms with Crippen LogP contribution in [0.5, 0.6) is 0 Å². The molecule has 6 nitrogen and oxygen atoms in total. The van der Waals surface area contributed by atoms with Crippen molar-refractivity contribution in [1.82, 2.24) is 14.7 Å². The van der Waals surface area contributed by atoms with Crippen molar-refractivity contribution >= 4 is 17.5 Å². The predicted octanol–water partition coefficient (Wildman–Crippen LogP) is 2.80. The van der Waals surface area contributed by atoms with Crippen LogP contribution in [0.1, 0.15) is 27.1 Å². The lowest BCUT2D eigenvalue weighted by molar-refractivity contribution is 0.0780. The average molecular weight is 360 g/mol. The van der Waals surface area contributed by atoms with Crippen LogP contribution in [0.25, 0.3) is 5.69 Å². The highest BCUT2D eigenvalue weighted by molar-refractivity contribution is 6.03. The number of likely N-dealkylation sites (tertiary alicyclic amines) is 1. The van der Waals surface area contributed by atoms with E-state index in [1.165, 1.54) is 6.20 Å². The van der Waals surface area contributed by atoms with Gasteiger partial charge in [0.05, 0.1) is 17.4 Å². The van der Waals surface area contributed by atoms with Gasteiger partial charge in [0.15, 0.2) is 5.78 Å². The van der Waals surface area contributed by atoms with Gasteiger partial charge in [-0.3, -0.25) is 9.59 Å². The molecule has 1 aromatic heterocycles. The molecule has 2 aromatic carbocycles. The number of nitrogens with zero attached hydrogens (tertiary/aromatic N) is 3. The van der Waals surface area contributed by atoms with Gasteiger partial charge >= 0.3 is 0 Å². The van der Waals surface area contributed by atoms with E-state index in [4.69, 9.17) is 5.73 Å². The van der Waals surface area contributed by atoms with Crippen LogP contribution in [-0.2, 0) is 0 Å². The minimum atomic E-state index is -0.256. The fourth-order valence-corrected chi connectivity index (χ4v) is 3.46. The molecule has 1 fully saturated rings. The molecule has 2 heterocycles. The molecule has 1 aliphatic rings. The van der Waals surface area contributed by atoms with Crippen LogP contribution in [0.15, 0.2) is 66.9 Å². The molecule has 0 unspecified atom stereocenters. The van der Waals surface area contributed by atoms with Gasteiger partial charge in [-0.05, 0) is 30.7 Å². The molecule has 27 heavy (non-hydrogen) atoms. The molecule has 2 N–H and O–H groups in total. The van der Waals surface area contributed by atoms with Crippen LogP contribution in [0.3, 0.4) is 0 Å². The number of carbonyl (C=O) groups excluding carboxylic acids is 2. The first-order valence-electron chi connectivity index (χ1n) is 8.92. The van der Waals surface area contributed by atoms with Crippen molar-refractivity contribution in [2.75, 3.05) is 18.8 Å². The number of carbonyl (C=O) groups is 2. The first-order valence-corrected chi connectivity index (χ1v) is 8.92. The molecule has 1 saturated heterocycles. The molecule has 6 heteroatoms. The minimum Gasteiger partial charge on any atom is -0.383 e. The summed E-state index contributed by atoms with van der Waals surface area (Å²) in [5.41, 5.74) is 8.05. The Labute approximate surface area is 157 Å². The summed E-state index contributed by atoms with van der Waals surface area (Å²) in [5, 5.41) is 4.27. The van der Waals surface area contributed by atoms with E-state index in [0.717, 1.165) is 5.69 Å². The zero-order valence-electron chi connectivity index (χ0n) is 14.8. The molecule has 0 spiro atoms. The van der Waals surface area contributed by atoms with Crippen molar-refractivity contribution < 1.29 is 9.59 Å². The van der Waals surface area contributed by atoms with Crippen LogP contribution in [0.4, 0.5) is 5.82 Å². The third-order valence-corrected chi connectivity index (χ3v) is 4.94. The van der Waals surface area contributed by atoms with Crippen LogP contribution < -0.4 is 5.73 Å². The summed E-state index contributed by atoms with van der Waals surface area (Å²) >= 11 is 0. The fourth-order valence-electron chi connectivity index (χ4n) is 3.46. The molecule has 3 aromatic rings. The van der Waals surface area contributed by atoms with Gasteiger partial charge in [0, 0.05) is 24.6 Å². The first-order chi connectivity index (χ1) is 13.1. The fraction of sp³-hybridized carbons (Fsp3) is 0.190. The Bertz CT molecular complexity index is 966. The third-order valence-electron chi connectivity index (χ3n) is 4.94. The lowest BCUT2D eigenvalue weighted by atomic mass is 9.98. The molecular formula is C21H20N4O2. The maximum absolute atomic E-state index is 12.9. The van der Waals surface area contributed by atoms with Crippen LogP contribution >= 0.6 is 0 Å². The van der Waals surface area contributed by atoms with Gasteiger partial charge in [-0.2, -0.15) is 5.10 Å². The highest BCUT2D eigenvalue weighted by Crippen LogP contribution is 2.26. The Kier molecular flexibility index (Phi) is 4.46. The Hall–Kier alpha value is -3.41. The molecule has 1 aliphatic heterocycles. The van der Waals surface area contributed by atoms with Crippen LogP contribution in [0.2, 0.25) is 0 Å². The van der Waals surface area contributed by atoms with E-state index in [0.29, 0.717) is 36.5 Å². The van der Waals surface area contributed by atoms with Crippen LogP contribution in [0, 0.1) is 5.92 Å². The number of rotatable bonds is 4. The summed E-state index contributed by atoms with van der Waals surface area (Å²) in [6.45, 7) is 0.972. The molecule has 1 amide bonds. The van der Waals surface area contributed by atoms with Gasteiger partial charge in [-0.1, -0.05) is 36.4 Å². The number of ketones is 1. The number of benzene rings is 2. The Morgan fingerprint density at radius 2 is 1.67 bits per heavy atom. The monoisotopic (exact) mass is 360 g/mol. The number of Topliss-reactive ketones (excluding diaryl/α,β-unsaturated/α-hetero) is 1. The molecule has 0 saturated carbocycles. The predicted molar refractivity (Wildman–Crippen MR) is 103 cm³/mol. The second-order valence-corrected chi connectivity index (χ2v) is 6.66. The van der Waals surface area contributed by atoms with Gasteiger partial charge in [-0.15, -0.1) is 0 Å². The summed E-state index contributed by atoms with van der Waals surface area (Å²) in [7, 11) is 0. The highest BCUT2D eigenvalue weighted by atomic mass is 16.2. The van der Waals surface area contributed by atoms with Crippen molar-refractivity contribution in [2.45, 2.75) is 6.42 Å². The molecule has 0 radical (unpaired) electrons. The zero-order chi connectivity index (χ0) is 18.8. The topological polar surface area (TPSA) is 81.2 Å². The zero-order valence-corrected chi connectivity index (χ0v) is 14.8. The van der Waals surface area contributed by atoms with Gasteiger partial charge in [0.2, 0.25) is 0 Å². The van der Waals surface area contributed by atoms with E-state index >= 15 is 0 Å². The standard InChI is InChI=1S/C21H20N4O2/c22-20-18(13-23-25(20)17-9-5-2-6-10-17)19(26)16-11-12-24(14-16)21(27)15-7-3-1-4-8-15/h1-10,13,16H,11-12,14,22H2/t16-/m0/s1. The van der Waals surface area contributed by atoms with Crippen molar-refractivity contribution in [2.24, 2.45) is 5.92 Å². The van der Waals surface area contributed by atoms with Gasteiger partial charge in [0.1, 0.15) is 5.82 Å². The molecular weight excluding hydrogens is 340 g/mol. The molecule has 136 valence electrons. The lowest BCUT2D eigenvalue weighted by Gasteiger charge is -2.16. The summed E-state index contributed by atoms with van der Waals surface area (Å²) < 4.78 is 1.56. The first kappa shape index (κ1) is 17.0. The van der Waals surface area contributed by atoms with Crippen molar-refractivity contribution in [3.63, 3.8) is 0 Å². The van der Waals surface area contributed by atoms with Crippen molar-refractivity contribution in [3.8, 4) is 5.69 Å². The SMILES string of the molecule is Nc1c(C(=O)[C@H]2CCN(C(=O)c3ccccc3)C2)cnn1-c1ccccc1. The number of para-hydroxylation sites is 1. The van der Waals surface area contributed by atoms with Gasteiger partial charge in [0.25, 0.3) is 5.91 Å². The normalized spacial score (nSPS) is 16.4. The van der Waals surface area contributed by atoms with E-state index in [-0.39, 0.29) is 17.6 Å². The van der Waals surface area contributed by atoms with Gasteiger partial charge in [-0.25, -0.2) is 4.68 Å². The van der Waals surface area contributed by atoms with Crippen molar-refractivity contribution in [3.05, 3.63) is 78.0 Å². The number of amides is 1. The second-order valence-electron chi connectivity index (χ2n) is 6.66. The summed E-state index contributed by atoms with van der Waals surface area (Å²) in [4.78, 5) is 27.3. The molecule has 1 atom stereocenters. The van der Waals surface area contributed by atoms with E-state index < -0.39 is 0 Å². The third kappa shape index (κ3) is 3.21. The number of anilines is 1. The number of hydrogen-bond donors (Lipinski definition) is 1. The summed E-state index contributed by atoms with van der Waals surface area (Å²) in [6, 6.07) is 18.6. The molecule has 0 bridgehead atoms. The minimum absolute atomic E-state index is 0.0427. The molecule has 0 aliphatic carbocycles. The Balaban J connectivity index is 1.50. The maximum atomic E-state index is 12.9. The number of nitrogen functional groups attached to an aromatic ring is 1. The van der Waals surface area contributed by atoms with Crippen molar-refractivity contribution in [1.29, 1.82) is 0 Å². The van der Waals surface area contributed by atoms with E-state index in [1.807, 2.05) is 48.5 Å². The largest absolute Gasteiger partial charge is 0.383 e. The Morgan fingerprint density at radius 1 is 1.00 bits per heavy atom. The van der Waals surface area contributed by atoms with Crippen LogP contribution in [-0.4, -0.2) is 39.5 Å². The number of hydrogen-bond acceptors (Lipinski definition) is 4. The quantitative estimate of drug-likeness (QED) is 0.726. The lowest BCUT2D eigenvalue weighted by Crippen LogP contribution is -2.30. The van der Waals surface area contributed by atoms with Gasteiger partial charge < -0.3 is 10.6 Å². The van der Waals surface area contributed by atoms with E-state index in [2.05, 4.69) is 5.10 Å². The maximum Gasteiger partial charge on any atom is 0.253 e. The number of nitrogens with two attached hydrogens (primary N) is 1. The Morgan fingerprint density at radius 3 is 2.37 bits per heavy atom. The number of aromatic nitrogens is 2.